The number of rotatable bonds is 4. The normalized spacial score (nSPS) is 22.5. The lowest BCUT2D eigenvalue weighted by atomic mass is 10.2. The summed E-state index contributed by atoms with van der Waals surface area (Å²) in [6.45, 7) is 2.31. The molecule has 12 nitrogen and oxygen atoms in total. The zero-order valence-corrected chi connectivity index (χ0v) is 14.0. The molecule has 0 saturated carbocycles. The number of nitrogens with zero attached hydrogens (tertiary/aromatic N) is 2. The number of hydrogen-bond acceptors (Lipinski definition) is 9. The Bertz CT molecular complexity index is 974. The smallest absolute Gasteiger partial charge is 0.329 e. The number of imidazole rings is 1. The minimum Gasteiger partial charge on any atom is -0.463 e. The van der Waals surface area contributed by atoms with Crippen molar-refractivity contribution in [2.24, 2.45) is 0 Å². The summed E-state index contributed by atoms with van der Waals surface area (Å²) in [5, 5.41) is 0. The quantitative estimate of drug-likeness (QED) is 0.560. The Morgan fingerprint density at radius 2 is 2.04 bits per heavy atom. The Labute approximate surface area is 145 Å². The average Bonchev–Trinajstić information content (AvgIpc) is 3.05. The summed E-state index contributed by atoms with van der Waals surface area (Å²) < 4.78 is 17.0. The molecule has 0 bridgehead atoms. The number of anilines is 1. The van der Waals surface area contributed by atoms with E-state index in [-0.39, 0.29) is 30.1 Å². The van der Waals surface area contributed by atoms with Crippen LogP contribution in [0.3, 0.4) is 0 Å². The molecule has 4 N–H and O–H groups in total. The Kier molecular flexibility index (Phi) is 4.50. The van der Waals surface area contributed by atoms with Gasteiger partial charge in [-0.1, -0.05) is 0 Å². The van der Waals surface area contributed by atoms with Crippen LogP contribution in [0, 0.1) is 0 Å². The van der Waals surface area contributed by atoms with Gasteiger partial charge in [-0.05, 0) is 0 Å². The number of carbonyl (C=O) groups is 2. The van der Waals surface area contributed by atoms with Crippen LogP contribution in [0.15, 0.2) is 9.59 Å². The van der Waals surface area contributed by atoms with E-state index in [0.29, 0.717) is 0 Å². The van der Waals surface area contributed by atoms with Gasteiger partial charge in [0.15, 0.2) is 11.2 Å². The Morgan fingerprint density at radius 3 is 2.69 bits per heavy atom. The maximum atomic E-state index is 12.3. The molecule has 140 valence electrons. The first-order valence-electron chi connectivity index (χ1n) is 7.72. The zero-order valence-electron chi connectivity index (χ0n) is 14.0. The van der Waals surface area contributed by atoms with Gasteiger partial charge in [0, 0.05) is 20.3 Å². The van der Waals surface area contributed by atoms with Crippen LogP contribution in [-0.2, 0) is 23.8 Å². The minimum absolute atomic E-state index is 0.0101. The van der Waals surface area contributed by atoms with Crippen LogP contribution in [0.2, 0.25) is 0 Å². The van der Waals surface area contributed by atoms with Gasteiger partial charge in [-0.3, -0.25) is 24.4 Å². The van der Waals surface area contributed by atoms with Gasteiger partial charge in [0.05, 0.1) is 0 Å². The first-order chi connectivity index (χ1) is 12.3. The van der Waals surface area contributed by atoms with Crippen molar-refractivity contribution in [2.45, 2.75) is 38.7 Å². The Balaban J connectivity index is 1.96. The first kappa shape index (κ1) is 17.7. The molecule has 1 saturated heterocycles. The van der Waals surface area contributed by atoms with Crippen LogP contribution in [-0.4, -0.2) is 50.3 Å². The van der Waals surface area contributed by atoms with Crippen molar-refractivity contribution in [3.8, 4) is 0 Å². The number of fused-ring (bicyclic) bond motifs is 1. The standard InChI is InChI=1S/C14H17N5O7/c1-5(20)24-4-8-7(25-6(2)21)3-9(26-8)19-11-10(16-14(19)23)12(22)18-13(15)17-11/h7-9H,3-4H2,1-2H3,(H,16,23)(H3,15,17,18,22)/t7?,8-,9-/m1/s1. The third kappa shape index (κ3) is 3.31. The molecule has 0 aromatic carbocycles. The lowest BCUT2D eigenvalue weighted by Crippen LogP contribution is -2.31. The third-order valence-electron chi connectivity index (χ3n) is 3.83. The minimum atomic E-state index is -0.894. The number of nitrogens with two attached hydrogens (primary N) is 1. The molecule has 0 radical (unpaired) electrons. The van der Waals surface area contributed by atoms with Crippen molar-refractivity contribution in [1.82, 2.24) is 19.5 Å². The summed E-state index contributed by atoms with van der Waals surface area (Å²) in [5.74, 6) is -1.23. The molecule has 26 heavy (non-hydrogen) atoms. The number of esters is 2. The Morgan fingerprint density at radius 1 is 1.31 bits per heavy atom. The van der Waals surface area contributed by atoms with Gasteiger partial charge in [0.25, 0.3) is 5.56 Å². The number of carbonyl (C=O) groups excluding carboxylic acids is 2. The van der Waals surface area contributed by atoms with Crippen LogP contribution < -0.4 is 17.0 Å². The van der Waals surface area contributed by atoms with E-state index < -0.39 is 41.6 Å². The molecule has 12 heteroatoms. The number of H-pyrrole nitrogens is 2. The summed E-state index contributed by atoms with van der Waals surface area (Å²) in [7, 11) is 0. The molecule has 1 aliphatic rings. The van der Waals surface area contributed by atoms with Crippen LogP contribution in [0.25, 0.3) is 11.2 Å². The van der Waals surface area contributed by atoms with Crippen LogP contribution in [0.4, 0.5) is 5.95 Å². The average molecular weight is 367 g/mol. The summed E-state index contributed by atoms with van der Waals surface area (Å²) in [5.41, 5.74) is 4.26. The molecule has 3 rings (SSSR count). The number of nitrogens with one attached hydrogen (secondary N) is 2. The molecule has 0 aliphatic carbocycles. The molecule has 0 spiro atoms. The van der Waals surface area contributed by atoms with Gasteiger partial charge in [0.1, 0.15) is 25.0 Å². The summed E-state index contributed by atoms with van der Waals surface area (Å²) in [4.78, 5) is 55.2. The number of hydrogen-bond donors (Lipinski definition) is 3. The molecule has 1 fully saturated rings. The van der Waals surface area contributed by atoms with Crippen LogP contribution >= 0.6 is 0 Å². The third-order valence-corrected chi connectivity index (χ3v) is 3.83. The Hall–Kier alpha value is -3.15. The van der Waals surface area contributed by atoms with Crippen LogP contribution in [0.5, 0.6) is 0 Å². The van der Waals surface area contributed by atoms with Crippen molar-refractivity contribution in [1.29, 1.82) is 0 Å². The maximum Gasteiger partial charge on any atom is 0.329 e. The summed E-state index contributed by atoms with van der Waals surface area (Å²) in [6, 6.07) is 0. The van der Waals surface area contributed by atoms with E-state index in [1.807, 2.05) is 0 Å². The first-order valence-corrected chi connectivity index (χ1v) is 7.72. The van der Waals surface area contributed by atoms with Gasteiger partial charge in [-0.15, -0.1) is 0 Å². The van der Waals surface area contributed by atoms with Gasteiger partial charge in [-0.2, -0.15) is 4.98 Å². The lowest BCUT2D eigenvalue weighted by Gasteiger charge is -2.17. The molecule has 1 unspecified atom stereocenters. The van der Waals surface area contributed by atoms with Crippen molar-refractivity contribution in [3.05, 3.63) is 20.8 Å². The lowest BCUT2D eigenvalue weighted by molar-refractivity contribution is -0.155. The highest BCUT2D eigenvalue weighted by molar-refractivity contribution is 5.70. The van der Waals surface area contributed by atoms with E-state index in [9.17, 15) is 19.2 Å². The number of ether oxygens (including phenoxy) is 3. The molecule has 1 aliphatic heterocycles. The highest BCUT2D eigenvalue weighted by Gasteiger charge is 2.40. The van der Waals surface area contributed by atoms with Crippen molar-refractivity contribution in [2.75, 3.05) is 12.3 Å². The van der Waals surface area contributed by atoms with E-state index in [2.05, 4.69) is 15.0 Å². The second kappa shape index (κ2) is 6.63. The number of aromatic nitrogens is 4. The largest absolute Gasteiger partial charge is 0.463 e. The highest BCUT2D eigenvalue weighted by atomic mass is 16.6. The van der Waals surface area contributed by atoms with E-state index in [1.54, 1.807) is 0 Å². The van der Waals surface area contributed by atoms with Gasteiger partial charge < -0.3 is 19.9 Å². The fourth-order valence-electron chi connectivity index (χ4n) is 2.84. The number of nitrogen functional groups attached to an aromatic ring is 1. The molecular weight excluding hydrogens is 350 g/mol. The van der Waals surface area contributed by atoms with Crippen molar-refractivity contribution in [3.63, 3.8) is 0 Å². The van der Waals surface area contributed by atoms with Gasteiger partial charge in [-0.25, -0.2) is 9.36 Å². The van der Waals surface area contributed by atoms with Crippen molar-refractivity contribution < 1.29 is 23.8 Å². The molecule has 2 aromatic rings. The predicted molar refractivity (Wildman–Crippen MR) is 86.1 cm³/mol. The predicted octanol–water partition coefficient (Wildman–Crippen LogP) is -1.22. The second-order valence-corrected chi connectivity index (χ2v) is 5.77. The highest BCUT2D eigenvalue weighted by Crippen LogP contribution is 2.31. The van der Waals surface area contributed by atoms with E-state index in [4.69, 9.17) is 19.9 Å². The van der Waals surface area contributed by atoms with Gasteiger partial charge >= 0.3 is 17.6 Å². The molecule has 2 aromatic heterocycles. The SMILES string of the molecule is CC(=O)OC[C@H]1O[C@@H](n2c(=O)[nH]c3c(=O)[nH]c(N)nc32)CC1OC(C)=O. The molecule has 3 atom stereocenters. The fraction of sp³-hybridized carbons (Fsp3) is 0.500. The monoisotopic (exact) mass is 367 g/mol. The van der Waals surface area contributed by atoms with Crippen molar-refractivity contribution >= 4 is 29.1 Å². The molecular formula is C14H17N5O7. The van der Waals surface area contributed by atoms with E-state index >= 15 is 0 Å². The summed E-state index contributed by atoms with van der Waals surface area (Å²) in [6.07, 6.45) is -2.31. The number of aromatic amines is 2. The topological polar surface area (TPSA) is 171 Å². The van der Waals surface area contributed by atoms with E-state index in [0.717, 1.165) is 4.57 Å². The van der Waals surface area contributed by atoms with E-state index in [1.165, 1.54) is 13.8 Å². The second-order valence-electron chi connectivity index (χ2n) is 5.77. The zero-order chi connectivity index (χ0) is 19.0. The summed E-state index contributed by atoms with van der Waals surface area (Å²) >= 11 is 0. The maximum absolute atomic E-state index is 12.3. The fourth-order valence-corrected chi connectivity index (χ4v) is 2.84. The van der Waals surface area contributed by atoms with Crippen LogP contribution in [0.1, 0.15) is 26.5 Å². The molecule has 3 heterocycles. The van der Waals surface area contributed by atoms with Gasteiger partial charge in [0.2, 0.25) is 5.95 Å². The molecule has 0 amide bonds.